The fourth-order valence-electron chi connectivity index (χ4n) is 2.38. The van der Waals surface area contributed by atoms with Gasteiger partial charge in [0.15, 0.2) is 5.75 Å². The molecule has 154 valence electrons. The van der Waals surface area contributed by atoms with Crippen LogP contribution in [0.2, 0.25) is 10.0 Å². The van der Waals surface area contributed by atoms with Crippen LogP contribution in [0.1, 0.15) is 6.92 Å². The van der Waals surface area contributed by atoms with Crippen molar-refractivity contribution in [1.29, 1.82) is 0 Å². The second kappa shape index (κ2) is 9.80. The number of hydrogen-bond acceptors (Lipinski definition) is 6. The summed E-state index contributed by atoms with van der Waals surface area (Å²) >= 11 is 13.2. The first-order valence-electron chi connectivity index (χ1n) is 8.63. The zero-order valence-corrected chi connectivity index (χ0v) is 17.9. The third kappa shape index (κ3) is 5.63. The van der Waals surface area contributed by atoms with Crippen molar-refractivity contribution in [2.75, 3.05) is 5.32 Å². The van der Waals surface area contributed by atoms with Gasteiger partial charge in [0.05, 0.1) is 20.9 Å². The lowest BCUT2D eigenvalue weighted by molar-refractivity contribution is -0.384. The summed E-state index contributed by atoms with van der Waals surface area (Å²) in [7, 11) is 0. The van der Waals surface area contributed by atoms with E-state index < -0.39 is 10.2 Å². The van der Waals surface area contributed by atoms with Crippen LogP contribution in [-0.4, -0.2) is 21.1 Å². The minimum atomic E-state index is -0.469. The second-order valence-corrected chi connectivity index (χ2v) is 8.30. The maximum absolute atomic E-state index is 12.7. The third-order valence-electron chi connectivity index (χ3n) is 3.86. The minimum absolute atomic E-state index is 0.00278. The molecule has 3 rings (SSSR count). The average Bonchev–Trinajstić information content (AvgIpc) is 2.71. The van der Waals surface area contributed by atoms with Crippen molar-refractivity contribution in [2.45, 2.75) is 17.1 Å². The molecule has 1 unspecified atom stereocenters. The largest absolute Gasteiger partial charge is 0.435 e. The van der Waals surface area contributed by atoms with Gasteiger partial charge in [-0.25, -0.2) is 4.98 Å². The van der Waals surface area contributed by atoms with Crippen LogP contribution in [0.3, 0.4) is 0 Å². The lowest BCUT2D eigenvalue weighted by Gasteiger charge is -2.15. The molecule has 1 atom stereocenters. The number of anilines is 1. The monoisotopic (exact) mass is 463 g/mol. The van der Waals surface area contributed by atoms with Gasteiger partial charge in [0.1, 0.15) is 5.02 Å². The molecule has 7 nitrogen and oxygen atoms in total. The lowest BCUT2D eigenvalue weighted by Crippen LogP contribution is -2.22. The Morgan fingerprint density at radius 2 is 1.90 bits per heavy atom. The van der Waals surface area contributed by atoms with E-state index in [1.807, 2.05) is 0 Å². The van der Waals surface area contributed by atoms with E-state index in [0.717, 1.165) is 4.90 Å². The predicted molar refractivity (Wildman–Crippen MR) is 118 cm³/mol. The highest BCUT2D eigenvalue weighted by Crippen LogP contribution is 2.34. The van der Waals surface area contributed by atoms with Gasteiger partial charge in [0.2, 0.25) is 11.8 Å². The van der Waals surface area contributed by atoms with Gasteiger partial charge in [-0.3, -0.25) is 14.9 Å². The summed E-state index contributed by atoms with van der Waals surface area (Å²) in [6.07, 6.45) is 1.41. The number of non-ortho nitro benzene ring substituents is 1. The quantitative estimate of drug-likeness (QED) is 0.254. The van der Waals surface area contributed by atoms with Crippen molar-refractivity contribution in [1.82, 2.24) is 4.98 Å². The Morgan fingerprint density at radius 1 is 1.20 bits per heavy atom. The van der Waals surface area contributed by atoms with Crippen LogP contribution in [0.4, 0.5) is 11.4 Å². The number of aromatic nitrogens is 1. The van der Waals surface area contributed by atoms with E-state index >= 15 is 0 Å². The molecule has 1 N–H and O–H groups in total. The number of benzene rings is 2. The molecule has 0 fully saturated rings. The number of amides is 1. The number of hydrogen-bond donors (Lipinski definition) is 1. The molecule has 0 radical (unpaired) electrons. The molecule has 0 aliphatic rings. The number of carbonyl (C=O) groups is 1. The summed E-state index contributed by atoms with van der Waals surface area (Å²) < 4.78 is 5.74. The maximum atomic E-state index is 12.7. The lowest BCUT2D eigenvalue weighted by atomic mass is 10.3. The van der Waals surface area contributed by atoms with Gasteiger partial charge in [-0.05, 0) is 37.3 Å². The van der Waals surface area contributed by atoms with Crippen LogP contribution >= 0.6 is 35.0 Å². The van der Waals surface area contributed by atoms with Gasteiger partial charge < -0.3 is 10.1 Å². The standard InChI is InChI=1S/C20H15Cl2N3O4S/c1-12(30-15-8-6-14(7-9-15)25(27)28)19(26)24-17-4-2-3-5-18(17)29-20-16(22)10-13(21)11-23-20/h2-12H,1H3,(H,24,26). The molecule has 0 saturated heterocycles. The number of rotatable bonds is 7. The molecular weight excluding hydrogens is 449 g/mol. The molecule has 30 heavy (non-hydrogen) atoms. The number of nitro groups is 1. The summed E-state index contributed by atoms with van der Waals surface area (Å²) in [5.41, 5.74) is 0.448. The Bertz CT molecular complexity index is 1080. The number of nitrogens with one attached hydrogen (secondary N) is 1. The highest BCUT2D eigenvalue weighted by atomic mass is 35.5. The Kier molecular flexibility index (Phi) is 7.15. The van der Waals surface area contributed by atoms with Crippen LogP contribution in [0.5, 0.6) is 11.6 Å². The van der Waals surface area contributed by atoms with Crippen molar-refractivity contribution < 1.29 is 14.5 Å². The Morgan fingerprint density at radius 3 is 2.57 bits per heavy atom. The van der Waals surface area contributed by atoms with E-state index in [1.165, 1.54) is 36.2 Å². The highest BCUT2D eigenvalue weighted by Gasteiger charge is 2.18. The predicted octanol–water partition coefficient (Wildman–Crippen LogP) is 6.21. The molecule has 0 bridgehead atoms. The van der Waals surface area contributed by atoms with E-state index in [1.54, 1.807) is 43.3 Å². The fraction of sp³-hybridized carbons (Fsp3) is 0.100. The summed E-state index contributed by atoms with van der Waals surface area (Å²) in [5, 5.41) is 13.7. The van der Waals surface area contributed by atoms with Crippen LogP contribution in [0.15, 0.2) is 65.7 Å². The molecular formula is C20H15Cl2N3O4S. The zero-order valence-electron chi connectivity index (χ0n) is 15.5. The first-order chi connectivity index (χ1) is 14.3. The van der Waals surface area contributed by atoms with Crippen molar-refractivity contribution in [2.24, 2.45) is 0 Å². The number of thioether (sulfide) groups is 1. The summed E-state index contributed by atoms with van der Waals surface area (Å²) in [6.45, 7) is 1.74. The highest BCUT2D eigenvalue weighted by molar-refractivity contribution is 8.00. The van der Waals surface area contributed by atoms with Crippen LogP contribution < -0.4 is 10.1 Å². The molecule has 10 heteroatoms. The van der Waals surface area contributed by atoms with E-state index in [0.29, 0.717) is 16.5 Å². The van der Waals surface area contributed by atoms with Crippen LogP contribution in [-0.2, 0) is 4.79 Å². The van der Waals surface area contributed by atoms with Crippen LogP contribution in [0, 0.1) is 10.1 Å². The summed E-state index contributed by atoms with van der Waals surface area (Å²) in [5.74, 6) is 0.274. The first kappa shape index (κ1) is 21.9. The summed E-state index contributed by atoms with van der Waals surface area (Å²) in [6, 6.07) is 14.4. The molecule has 2 aromatic carbocycles. The van der Waals surface area contributed by atoms with E-state index in [-0.39, 0.29) is 22.5 Å². The molecule has 1 heterocycles. The Hall–Kier alpha value is -2.81. The van der Waals surface area contributed by atoms with E-state index in [4.69, 9.17) is 27.9 Å². The smallest absolute Gasteiger partial charge is 0.269 e. The number of para-hydroxylation sites is 2. The second-order valence-electron chi connectivity index (χ2n) is 6.04. The topological polar surface area (TPSA) is 94.4 Å². The third-order valence-corrected chi connectivity index (χ3v) is 5.44. The van der Waals surface area contributed by atoms with Gasteiger partial charge in [0.25, 0.3) is 5.69 Å². The zero-order chi connectivity index (χ0) is 21.7. The minimum Gasteiger partial charge on any atom is -0.435 e. The Labute approximate surface area is 186 Å². The molecule has 0 aliphatic carbocycles. The number of carbonyl (C=O) groups excluding carboxylic acids is 1. The molecule has 1 aromatic heterocycles. The molecule has 3 aromatic rings. The first-order valence-corrected chi connectivity index (χ1v) is 10.3. The van der Waals surface area contributed by atoms with Crippen molar-refractivity contribution in [3.63, 3.8) is 0 Å². The average molecular weight is 464 g/mol. The Balaban J connectivity index is 1.69. The number of nitro benzene ring substituents is 1. The number of pyridine rings is 1. The van der Waals surface area contributed by atoms with Gasteiger partial charge in [-0.1, -0.05) is 35.3 Å². The molecule has 0 spiro atoms. The molecule has 1 amide bonds. The normalized spacial score (nSPS) is 11.6. The van der Waals surface area contributed by atoms with Gasteiger partial charge in [-0.2, -0.15) is 0 Å². The van der Waals surface area contributed by atoms with Gasteiger partial charge in [0, 0.05) is 23.2 Å². The number of nitrogens with zero attached hydrogens (tertiary/aromatic N) is 2. The number of ether oxygens (including phenoxy) is 1. The SMILES string of the molecule is CC(Sc1ccc([N+](=O)[O-])cc1)C(=O)Nc1ccccc1Oc1ncc(Cl)cc1Cl. The summed E-state index contributed by atoms with van der Waals surface area (Å²) in [4.78, 5) is 27.7. The van der Waals surface area contributed by atoms with Gasteiger partial charge in [-0.15, -0.1) is 11.8 Å². The maximum Gasteiger partial charge on any atom is 0.269 e. The van der Waals surface area contributed by atoms with E-state index in [9.17, 15) is 14.9 Å². The van der Waals surface area contributed by atoms with Crippen molar-refractivity contribution >= 4 is 52.2 Å². The van der Waals surface area contributed by atoms with Crippen molar-refractivity contribution in [3.8, 4) is 11.6 Å². The van der Waals surface area contributed by atoms with Crippen molar-refractivity contribution in [3.05, 3.63) is 81.0 Å². The van der Waals surface area contributed by atoms with E-state index in [2.05, 4.69) is 10.3 Å². The fourth-order valence-corrected chi connectivity index (χ4v) is 3.66. The van der Waals surface area contributed by atoms with Crippen LogP contribution in [0.25, 0.3) is 0 Å². The molecule has 0 saturated carbocycles. The molecule has 0 aliphatic heterocycles. The number of halogens is 2. The van der Waals surface area contributed by atoms with Gasteiger partial charge >= 0.3 is 0 Å².